The van der Waals surface area contributed by atoms with E-state index in [0.717, 1.165) is 0 Å². The number of nitrogens with one attached hydrogen (secondary N) is 1. The first-order valence-electron chi connectivity index (χ1n) is 5.95. The number of rotatable bonds is 9. The summed E-state index contributed by atoms with van der Waals surface area (Å²) >= 11 is 0. The largest absolute Gasteiger partial charge is 0.481 e. The topological polar surface area (TPSA) is 92.7 Å². The predicted molar refractivity (Wildman–Crippen MR) is 68.9 cm³/mol. The van der Waals surface area contributed by atoms with Crippen LogP contribution in [0, 0.1) is 5.41 Å². The summed E-state index contributed by atoms with van der Waals surface area (Å²) < 4.78 is 30.7. The van der Waals surface area contributed by atoms with Crippen LogP contribution in [-0.4, -0.2) is 44.5 Å². The molecule has 2 N–H and O–H groups in total. The van der Waals surface area contributed by atoms with E-state index in [-0.39, 0.29) is 25.0 Å². The van der Waals surface area contributed by atoms with E-state index in [1.165, 1.54) is 6.92 Å². The number of sulfonamides is 1. The van der Waals surface area contributed by atoms with E-state index in [0.29, 0.717) is 6.42 Å². The summed E-state index contributed by atoms with van der Waals surface area (Å²) in [4.78, 5) is 11.0. The van der Waals surface area contributed by atoms with Gasteiger partial charge in [0.05, 0.1) is 23.9 Å². The molecule has 0 aliphatic heterocycles. The lowest BCUT2D eigenvalue weighted by Gasteiger charge is -2.23. The van der Waals surface area contributed by atoms with E-state index in [4.69, 9.17) is 9.84 Å². The lowest BCUT2D eigenvalue weighted by molar-refractivity contribution is -0.147. The second kappa shape index (κ2) is 7.06. The van der Waals surface area contributed by atoms with Crippen LogP contribution in [0.5, 0.6) is 0 Å². The second-order valence-corrected chi connectivity index (χ2v) is 6.71. The number of hydrogen-bond acceptors (Lipinski definition) is 4. The Morgan fingerprint density at radius 2 is 2.00 bits per heavy atom. The predicted octanol–water partition coefficient (Wildman–Crippen LogP) is 0.832. The summed E-state index contributed by atoms with van der Waals surface area (Å²) in [5.74, 6) is -1.17. The Labute approximate surface area is 109 Å². The van der Waals surface area contributed by atoms with Crippen molar-refractivity contribution in [3.63, 3.8) is 0 Å². The van der Waals surface area contributed by atoms with Crippen LogP contribution in [-0.2, 0) is 19.6 Å². The molecule has 0 bridgehead atoms. The van der Waals surface area contributed by atoms with Crippen molar-refractivity contribution in [2.75, 3.05) is 18.9 Å². The first-order valence-corrected chi connectivity index (χ1v) is 7.60. The molecule has 0 radical (unpaired) electrons. The maximum atomic E-state index is 11.6. The molecule has 0 rings (SSSR count). The SMILES string of the molecule is CCC(C)(CNS(=O)(=O)CCOC(C)C)C(=O)O. The molecule has 18 heavy (non-hydrogen) atoms. The number of ether oxygens (including phenoxy) is 1. The Balaban J connectivity index is 4.30. The van der Waals surface area contributed by atoms with E-state index in [1.807, 2.05) is 13.8 Å². The summed E-state index contributed by atoms with van der Waals surface area (Å²) in [6, 6.07) is 0. The minimum Gasteiger partial charge on any atom is -0.481 e. The molecule has 0 saturated carbocycles. The molecule has 0 fully saturated rings. The first-order chi connectivity index (χ1) is 8.13. The van der Waals surface area contributed by atoms with Crippen molar-refractivity contribution in [1.29, 1.82) is 0 Å². The molecule has 0 amide bonds. The first kappa shape index (κ1) is 17.3. The van der Waals surface area contributed by atoms with E-state index in [1.54, 1.807) is 6.92 Å². The quantitative estimate of drug-likeness (QED) is 0.653. The Bertz CT molecular complexity index is 366. The number of carbonyl (C=O) groups is 1. The van der Waals surface area contributed by atoms with Gasteiger partial charge >= 0.3 is 5.97 Å². The zero-order chi connectivity index (χ0) is 14.4. The maximum Gasteiger partial charge on any atom is 0.310 e. The third kappa shape index (κ3) is 6.32. The lowest BCUT2D eigenvalue weighted by Crippen LogP contribution is -2.41. The van der Waals surface area contributed by atoms with Gasteiger partial charge < -0.3 is 9.84 Å². The summed E-state index contributed by atoms with van der Waals surface area (Å²) in [5.41, 5.74) is -1.08. The van der Waals surface area contributed by atoms with E-state index in [2.05, 4.69) is 4.72 Å². The zero-order valence-electron chi connectivity index (χ0n) is 11.4. The Hall–Kier alpha value is -0.660. The monoisotopic (exact) mass is 281 g/mol. The zero-order valence-corrected chi connectivity index (χ0v) is 12.2. The standard InChI is InChI=1S/C11H23NO5S/c1-5-11(4,10(13)14)8-12-18(15,16)7-6-17-9(2)3/h9,12H,5-8H2,1-4H3,(H,13,14). The van der Waals surface area contributed by atoms with Crippen molar-refractivity contribution in [3.8, 4) is 0 Å². The molecule has 0 aliphatic rings. The molecule has 0 aromatic heterocycles. The molecular weight excluding hydrogens is 258 g/mol. The molecule has 6 nitrogen and oxygen atoms in total. The van der Waals surface area contributed by atoms with Crippen LogP contribution in [0.2, 0.25) is 0 Å². The van der Waals surface area contributed by atoms with Gasteiger partial charge in [0.2, 0.25) is 10.0 Å². The number of aliphatic carboxylic acids is 1. The van der Waals surface area contributed by atoms with Gasteiger partial charge in [-0.2, -0.15) is 0 Å². The Morgan fingerprint density at radius 3 is 2.39 bits per heavy atom. The molecule has 108 valence electrons. The molecule has 0 aromatic carbocycles. The van der Waals surface area contributed by atoms with Crippen molar-refractivity contribution in [2.24, 2.45) is 5.41 Å². The van der Waals surface area contributed by atoms with Crippen molar-refractivity contribution in [2.45, 2.75) is 40.2 Å². The third-order valence-corrected chi connectivity index (χ3v) is 4.07. The molecule has 1 atom stereocenters. The number of carboxylic acid groups (broad SMARTS) is 1. The minimum absolute atomic E-state index is 0.0277. The van der Waals surface area contributed by atoms with Crippen molar-refractivity contribution < 1.29 is 23.1 Å². The van der Waals surface area contributed by atoms with Gasteiger partial charge in [-0.15, -0.1) is 0 Å². The number of carboxylic acids is 1. The normalized spacial score (nSPS) is 15.6. The highest BCUT2D eigenvalue weighted by atomic mass is 32.2. The molecule has 0 saturated heterocycles. The van der Waals surface area contributed by atoms with E-state index in [9.17, 15) is 13.2 Å². The number of hydrogen-bond donors (Lipinski definition) is 2. The molecule has 0 aliphatic carbocycles. The fourth-order valence-corrected chi connectivity index (χ4v) is 2.09. The fraction of sp³-hybridized carbons (Fsp3) is 0.909. The summed E-state index contributed by atoms with van der Waals surface area (Å²) in [5, 5.41) is 9.02. The highest BCUT2D eigenvalue weighted by Gasteiger charge is 2.32. The van der Waals surface area contributed by atoms with Gasteiger partial charge in [0.25, 0.3) is 0 Å². The molecule has 0 aromatic rings. The average Bonchev–Trinajstić information content (AvgIpc) is 2.25. The van der Waals surface area contributed by atoms with E-state index < -0.39 is 21.4 Å². The van der Waals surface area contributed by atoms with Gasteiger partial charge in [0.15, 0.2) is 0 Å². The van der Waals surface area contributed by atoms with Gasteiger partial charge in [-0.1, -0.05) is 6.92 Å². The average molecular weight is 281 g/mol. The van der Waals surface area contributed by atoms with Crippen LogP contribution in [0.15, 0.2) is 0 Å². The lowest BCUT2D eigenvalue weighted by atomic mass is 9.88. The van der Waals surface area contributed by atoms with Gasteiger partial charge in [-0.3, -0.25) is 4.79 Å². The highest BCUT2D eigenvalue weighted by molar-refractivity contribution is 7.89. The van der Waals surface area contributed by atoms with Crippen molar-refractivity contribution >= 4 is 16.0 Å². The van der Waals surface area contributed by atoms with Crippen LogP contribution in [0.1, 0.15) is 34.1 Å². The summed E-state index contributed by atoms with van der Waals surface area (Å²) in [6.07, 6.45) is 0.327. The highest BCUT2D eigenvalue weighted by Crippen LogP contribution is 2.20. The van der Waals surface area contributed by atoms with E-state index >= 15 is 0 Å². The molecule has 1 unspecified atom stereocenters. The Kier molecular flexibility index (Phi) is 6.80. The van der Waals surface area contributed by atoms with Gasteiger partial charge in [0, 0.05) is 6.54 Å². The smallest absolute Gasteiger partial charge is 0.310 e. The molecule has 7 heteroatoms. The molecule has 0 heterocycles. The van der Waals surface area contributed by atoms with Crippen LogP contribution < -0.4 is 4.72 Å². The van der Waals surface area contributed by atoms with Crippen molar-refractivity contribution in [3.05, 3.63) is 0 Å². The van der Waals surface area contributed by atoms with Crippen LogP contribution in [0.3, 0.4) is 0 Å². The maximum absolute atomic E-state index is 11.6. The molecular formula is C11H23NO5S. The summed E-state index contributed by atoms with van der Waals surface area (Å²) in [6.45, 7) is 6.86. The third-order valence-electron chi connectivity index (χ3n) is 2.78. The Morgan fingerprint density at radius 1 is 1.44 bits per heavy atom. The van der Waals surface area contributed by atoms with Gasteiger partial charge in [0.1, 0.15) is 0 Å². The second-order valence-electron chi connectivity index (χ2n) is 4.78. The molecule has 0 spiro atoms. The summed E-state index contributed by atoms with van der Waals surface area (Å²) in [7, 11) is -3.49. The van der Waals surface area contributed by atoms with Crippen LogP contribution in [0.4, 0.5) is 0 Å². The van der Waals surface area contributed by atoms with Crippen molar-refractivity contribution in [1.82, 2.24) is 4.72 Å². The van der Waals surface area contributed by atoms with Gasteiger partial charge in [-0.05, 0) is 27.2 Å². The van der Waals surface area contributed by atoms with Crippen LogP contribution >= 0.6 is 0 Å². The van der Waals surface area contributed by atoms with Crippen LogP contribution in [0.25, 0.3) is 0 Å². The van der Waals surface area contributed by atoms with Gasteiger partial charge in [-0.25, -0.2) is 13.1 Å². The minimum atomic E-state index is -3.49. The fourth-order valence-electron chi connectivity index (χ4n) is 1.09.